The van der Waals surface area contributed by atoms with Gasteiger partial charge in [-0.2, -0.15) is 0 Å². The van der Waals surface area contributed by atoms with Gasteiger partial charge < -0.3 is 14.6 Å². The lowest BCUT2D eigenvalue weighted by atomic mass is 10.1. The molecule has 0 aromatic carbocycles. The van der Waals surface area contributed by atoms with Crippen molar-refractivity contribution >= 4 is 11.9 Å². The minimum absolute atomic E-state index is 0.0795. The lowest BCUT2D eigenvalue weighted by Gasteiger charge is -2.14. The number of aliphatic hydroxyl groups is 1. The van der Waals surface area contributed by atoms with Gasteiger partial charge in [-0.25, -0.2) is 0 Å². The van der Waals surface area contributed by atoms with Gasteiger partial charge in [0.2, 0.25) is 0 Å². The number of rotatable bonds is 10. The highest BCUT2D eigenvalue weighted by atomic mass is 16.6. The van der Waals surface area contributed by atoms with Crippen molar-refractivity contribution < 1.29 is 24.2 Å². The molecule has 0 radical (unpaired) electrons. The van der Waals surface area contributed by atoms with Crippen LogP contribution < -0.4 is 0 Å². The molecular formula is C13H24O5. The molecule has 0 saturated carbocycles. The molecule has 0 spiro atoms. The van der Waals surface area contributed by atoms with Crippen LogP contribution in [-0.2, 0) is 19.1 Å². The van der Waals surface area contributed by atoms with Crippen LogP contribution in [0.5, 0.6) is 0 Å². The maximum absolute atomic E-state index is 11.3. The Bertz CT molecular complexity index is 240. The van der Waals surface area contributed by atoms with E-state index < -0.39 is 12.1 Å². The van der Waals surface area contributed by atoms with E-state index in [-0.39, 0.29) is 19.2 Å². The number of aliphatic hydroxyl groups excluding tert-OH is 1. The second-order valence-electron chi connectivity index (χ2n) is 4.26. The number of hydrogen-bond donors (Lipinski definition) is 1. The normalized spacial score (nSPS) is 11.9. The number of unbranched alkanes of at least 4 members (excludes halogenated alkanes) is 4. The Morgan fingerprint density at radius 2 is 1.83 bits per heavy atom. The molecule has 0 aromatic heterocycles. The van der Waals surface area contributed by atoms with Gasteiger partial charge in [0.15, 0.2) is 6.10 Å². The summed E-state index contributed by atoms with van der Waals surface area (Å²) >= 11 is 0. The molecule has 5 nitrogen and oxygen atoms in total. The highest BCUT2D eigenvalue weighted by Gasteiger charge is 2.13. The topological polar surface area (TPSA) is 72.8 Å². The van der Waals surface area contributed by atoms with Gasteiger partial charge >= 0.3 is 11.9 Å². The Kier molecular flexibility index (Phi) is 10.3. The summed E-state index contributed by atoms with van der Waals surface area (Å²) in [6, 6.07) is 0. The standard InChI is InChI=1S/C13H24O5/c1-3-4-5-6-7-8-13(16)17-10-12(9-14)18-11(2)15/h12,14H,3-10H2,1-2H3. The predicted molar refractivity (Wildman–Crippen MR) is 67.0 cm³/mol. The monoisotopic (exact) mass is 260 g/mol. The fraction of sp³-hybridized carbons (Fsp3) is 0.846. The number of ether oxygens (including phenoxy) is 2. The SMILES string of the molecule is CCCCCCCC(=O)OCC(CO)OC(C)=O. The predicted octanol–water partition coefficient (Wildman–Crippen LogP) is 1.81. The van der Waals surface area contributed by atoms with Crippen molar-refractivity contribution in [2.75, 3.05) is 13.2 Å². The zero-order valence-corrected chi connectivity index (χ0v) is 11.3. The second kappa shape index (κ2) is 11.0. The average Bonchev–Trinajstić information content (AvgIpc) is 2.33. The van der Waals surface area contributed by atoms with Gasteiger partial charge in [-0.1, -0.05) is 32.6 Å². The van der Waals surface area contributed by atoms with Crippen molar-refractivity contribution in [1.82, 2.24) is 0 Å². The van der Waals surface area contributed by atoms with Gasteiger partial charge in [-0.15, -0.1) is 0 Å². The van der Waals surface area contributed by atoms with Gasteiger partial charge in [-0.3, -0.25) is 9.59 Å². The molecule has 18 heavy (non-hydrogen) atoms. The van der Waals surface area contributed by atoms with Crippen molar-refractivity contribution in [2.45, 2.75) is 58.5 Å². The van der Waals surface area contributed by atoms with Crippen molar-refractivity contribution in [3.63, 3.8) is 0 Å². The molecule has 0 heterocycles. The molecule has 0 amide bonds. The molecule has 1 N–H and O–H groups in total. The van der Waals surface area contributed by atoms with Gasteiger partial charge in [0.05, 0.1) is 6.61 Å². The summed E-state index contributed by atoms with van der Waals surface area (Å²) in [6.07, 6.45) is 4.95. The Morgan fingerprint density at radius 1 is 1.17 bits per heavy atom. The van der Waals surface area contributed by atoms with E-state index in [4.69, 9.17) is 14.6 Å². The Labute approximate surface area is 108 Å². The molecule has 5 heteroatoms. The van der Waals surface area contributed by atoms with E-state index in [1.807, 2.05) is 0 Å². The van der Waals surface area contributed by atoms with Crippen molar-refractivity contribution in [1.29, 1.82) is 0 Å². The highest BCUT2D eigenvalue weighted by molar-refractivity contribution is 5.69. The van der Waals surface area contributed by atoms with Gasteiger partial charge in [0.1, 0.15) is 6.61 Å². The van der Waals surface area contributed by atoms with E-state index in [9.17, 15) is 9.59 Å². The van der Waals surface area contributed by atoms with Crippen LogP contribution >= 0.6 is 0 Å². The molecule has 0 fully saturated rings. The van der Waals surface area contributed by atoms with Crippen molar-refractivity contribution in [2.24, 2.45) is 0 Å². The van der Waals surface area contributed by atoms with Crippen molar-refractivity contribution in [3.05, 3.63) is 0 Å². The van der Waals surface area contributed by atoms with Crippen LogP contribution in [0.15, 0.2) is 0 Å². The van der Waals surface area contributed by atoms with Crippen LogP contribution in [0.25, 0.3) is 0 Å². The van der Waals surface area contributed by atoms with E-state index in [2.05, 4.69) is 6.92 Å². The lowest BCUT2D eigenvalue weighted by molar-refractivity contribution is -0.159. The maximum Gasteiger partial charge on any atom is 0.305 e. The Hall–Kier alpha value is -1.10. The Balaban J connectivity index is 3.58. The lowest BCUT2D eigenvalue weighted by Crippen LogP contribution is -2.27. The molecule has 0 aliphatic rings. The van der Waals surface area contributed by atoms with Crippen molar-refractivity contribution in [3.8, 4) is 0 Å². The summed E-state index contributed by atoms with van der Waals surface area (Å²) < 4.78 is 9.67. The minimum atomic E-state index is -0.758. The molecule has 106 valence electrons. The maximum atomic E-state index is 11.3. The third-order valence-electron chi connectivity index (χ3n) is 2.45. The molecule has 0 aliphatic heterocycles. The molecule has 0 aliphatic carbocycles. The molecule has 0 saturated heterocycles. The average molecular weight is 260 g/mol. The summed E-state index contributed by atoms with van der Waals surface area (Å²) in [5, 5.41) is 8.89. The van der Waals surface area contributed by atoms with Crippen LogP contribution in [0.2, 0.25) is 0 Å². The van der Waals surface area contributed by atoms with E-state index in [1.54, 1.807) is 0 Å². The van der Waals surface area contributed by atoms with Gasteiger partial charge in [-0.05, 0) is 6.42 Å². The van der Waals surface area contributed by atoms with E-state index in [0.717, 1.165) is 19.3 Å². The quantitative estimate of drug-likeness (QED) is 0.479. The second-order valence-corrected chi connectivity index (χ2v) is 4.26. The summed E-state index contributed by atoms with van der Waals surface area (Å²) in [6.45, 7) is 2.96. The number of carbonyl (C=O) groups excluding carboxylic acids is 2. The zero-order valence-electron chi connectivity index (χ0n) is 11.3. The first-order valence-corrected chi connectivity index (χ1v) is 6.53. The van der Waals surface area contributed by atoms with Crippen LogP contribution in [-0.4, -0.2) is 36.4 Å². The van der Waals surface area contributed by atoms with Crippen LogP contribution in [0.4, 0.5) is 0 Å². The largest absolute Gasteiger partial charge is 0.462 e. The molecule has 1 unspecified atom stereocenters. The summed E-state index contributed by atoms with van der Waals surface area (Å²) in [7, 11) is 0. The van der Waals surface area contributed by atoms with Crippen LogP contribution in [0.3, 0.4) is 0 Å². The first kappa shape index (κ1) is 16.9. The summed E-state index contributed by atoms with van der Waals surface area (Å²) in [5.41, 5.74) is 0. The van der Waals surface area contributed by atoms with E-state index in [1.165, 1.54) is 19.8 Å². The molecule has 0 rings (SSSR count). The number of carbonyl (C=O) groups is 2. The Morgan fingerprint density at radius 3 is 2.39 bits per heavy atom. The van der Waals surface area contributed by atoms with E-state index >= 15 is 0 Å². The smallest absolute Gasteiger partial charge is 0.305 e. The summed E-state index contributed by atoms with van der Waals surface area (Å²) in [5.74, 6) is -0.804. The van der Waals surface area contributed by atoms with Crippen LogP contribution in [0.1, 0.15) is 52.4 Å². The van der Waals surface area contributed by atoms with Gasteiger partial charge in [0.25, 0.3) is 0 Å². The summed E-state index contributed by atoms with van der Waals surface area (Å²) in [4.78, 5) is 22.0. The minimum Gasteiger partial charge on any atom is -0.462 e. The molecular weight excluding hydrogens is 236 g/mol. The van der Waals surface area contributed by atoms with Crippen LogP contribution in [0, 0.1) is 0 Å². The third-order valence-corrected chi connectivity index (χ3v) is 2.45. The van der Waals surface area contributed by atoms with E-state index in [0.29, 0.717) is 6.42 Å². The fourth-order valence-corrected chi connectivity index (χ4v) is 1.49. The molecule has 0 aromatic rings. The first-order chi connectivity index (χ1) is 8.60. The number of hydrogen-bond acceptors (Lipinski definition) is 5. The third kappa shape index (κ3) is 10.1. The molecule has 0 bridgehead atoms. The fourth-order valence-electron chi connectivity index (χ4n) is 1.49. The highest BCUT2D eigenvalue weighted by Crippen LogP contribution is 2.06. The number of esters is 2. The first-order valence-electron chi connectivity index (χ1n) is 6.53. The molecule has 1 atom stereocenters. The van der Waals surface area contributed by atoms with Gasteiger partial charge in [0, 0.05) is 13.3 Å². The zero-order chi connectivity index (χ0) is 13.8.